The molecule has 0 spiro atoms. The number of ether oxygens (including phenoxy) is 2. The molecule has 1 rings (SSSR count). The molecule has 0 aliphatic heterocycles. The Morgan fingerprint density at radius 3 is 2.67 bits per heavy atom. The molecule has 0 aromatic heterocycles. The summed E-state index contributed by atoms with van der Waals surface area (Å²) in [6, 6.07) is 4.77. The summed E-state index contributed by atoms with van der Waals surface area (Å²) in [5, 5.41) is 3.51. The number of methoxy groups -OCH3 is 1. The van der Waals surface area contributed by atoms with E-state index in [9.17, 15) is 9.59 Å². The van der Waals surface area contributed by atoms with Gasteiger partial charge in [-0.1, -0.05) is 23.2 Å². The summed E-state index contributed by atoms with van der Waals surface area (Å²) in [4.78, 5) is 22.7. The second-order valence-electron chi connectivity index (χ2n) is 4.31. The Kier molecular flexibility index (Phi) is 7.32. The van der Waals surface area contributed by atoms with Gasteiger partial charge in [0.25, 0.3) is 5.91 Å². The Hall–Kier alpha value is -1.46. The topological polar surface area (TPSA) is 64.6 Å². The van der Waals surface area contributed by atoms with Crippen molar-refractivity contribution in [3.8, 4) is 5.75 Å². The van der Waals surface area contributed by atoms with Gasteiger partial charge >= 0.3 is 5.97 Å². The zero-order valence-electron chi connectivity index (χ0n) is 11.8. The first-order chi connectivity index (χ1) is 9.93. The Bertz CT molecular complexity index is 508. The van der Waals surface area contributed by atoms with Crippen LogP contribution in [0, 0.1) is 0 Å². The molecule has 0 aliphatic carbocycles. The van der Waals surface area contributed by atoms with E-state index in [1.807, 2.05) is 0 Å². The molecule has 0 fully saturated rings. The van der Waals surface area contributed by atoms with E-state index in [1.165, 1.54) is 7.11 Å². The van der Waals surface area contributed by atoms with Crippen LogP contribution in [-0.4, -0.2) is 31.6 Å². The zero-order valence-corrected chi connectivity index (χ0v) is 13.3. The summed E-state index contributed by atoms with van der Waals surface area (Å²) >= 11 is 11.7. The molecule has 0 saturated heterocycles. The van der Waals surface area contributed by atoms with Crippen molar-refractivity contribution in [1.82, 2.24) is 5.32 Å². The fourth-order valence-corrected chi connectivity index (χ4v) is 1.96. The van der Waals surface area contributed by atoms with Gasteiger partial charge in [-0.15, -0.1) is 0 Å². The van der Waals surface area contributed by atoms with Crippen molar-refractivity contribution in [2.45, 2.75) is 25.9 Å². The van der Waals surface area contributed by atoms with Crippen LogP contribution in [0.2, 0.25) is 10.0 Å². The molecule has 5 nitrogen and oxygen atoms in total. The molecule has 1 atom stereocenters. The first-order valence-corrected chi connectivity index (χ1v) is 7.16. The number of hydrogen-bond acceptors (Lipinski definition) is 4. The smallest absolute Gasteiger partial charge is 0.305 e. The second-order valence-corrected chi connectivity index (χ2v) is 5.15. The molecule has 7 heteroatoms. The van der Waals surface area contributed by atoms with Crippen molar-refractivity contribution in [3.05, 3.63) is 28.2 Å². The molecule has 0 aliphatic rings. The summed E-state index contributed by atoms with van der Waals surface area (Å²) in [5.41, 5.74) is 0. The van der Waals surface area contributed by atoms with Crippen molar-refractivity contribution in [3.63, 3.8) is 0 Å². The van der Waals surface area contributed by atoms with Crippen LogP contribution in [0.5, 0.6) is 5.75 Å². The van der Waals surface area contributed by atoms with E-state index in [2.05, 4.69) is 10.1 Å². The van der Waals surface area contributed by atoms with Crippen molar-refractivity contribution in [2.24, 2.45) is 0 Å². The van der Waals surface area contributed by atoms with E-state index in [-0.39, 0.29) is 18.3 Å². The predicted molar refractivity (Wildman–Crippen MR) is 80.8 cm³/mol. The van der Waals surface area contributed by atoms with Crippen LogP contribution in [0.25, 0.3) is 0 Å². The lowest BCUT2D eigenvalue weighted by Crippen LogP contribution is -2.37. The van der Waals surface area contributed by atoms with Gasteiger partial charge in [0, 0.05) is 18.0 Å². The summed E-state index contributed by atoms with van der Waals surface area (Å²) in [7, 11) is 1.33. The van der Waals surface area contributed by atoms with E-state index < -0.39 is 6.10 Å². The Balaban J connectivity index is 2.39. The maximum absolute atomic E-state index is 11.8. The van der Waals surface area contributed by atoms with Gasteiger partial charge in [0.2, 0.25) is 0 Å². The SMILES string of the molecule is COC(=O)CCCNC(=O)[C@@H](C)Oc1ccc(Cl)cc1Cl. The maximum atomic E-state index is 11.8. The minimum Gasteiger partial charge on any atom is -0.479 e. The molecule has 1 N–H and O–H groups in total. The van der Waals surface area contributed by atoms with Gasteiger partial charge in [-0.2, -0.15) is 0 Å². The molecule has 21 heavy (non-hydrogen) atoms. The Labute approximate surface area is 133 Å². The highest BCUT2D eigenvalue weighted by molar-refractivity contribution is 6.35. The quantitative estimate of drug-likeness (QED) is 0.615. The lowest BCUT2D eigenvalue weighted by atomic mass is 10.3. The van der Waals surface area contributed by atoms with E-state index >= 15 is 0 Å². The lowest BCUT2D eigenvalue weighted by Gasteiger charge is -2.15. The summed E-state index contributed by atoms with van der Waals surface area (Å²) in [6.07, 6.45) is 0.0591. The fourth-order valence-electron chi connectivity index (χ4n) is 1.50. The average Bonchev–Trinajstić information content (AvgIpc) is 2.45. The molecule has 1 amide bonds. The largest absolute Gasteiger partial charge is 0.479 e. The van der Waals surface area contributed by atoms with Crippen LogP contribution < -0.4 is 10.1 Å². The molecule has 0 bridgehead atoms. The number of benzene rings is 1. The molecule has 0 saturated carbocycles. The second kappa shape index (κ2) is 8.74. The highest BCUT2D eigenvalue weighted by Crippen LogP contribution is 2.28. The number of halogens is 2. The van der Waals surface area contributed by atoms with Gasteiger partial charge in [-0.25, -0.2) is 0 Å². The minimum atomic E-state index is -0.707. The van der Waals surface area contributed by atoms with Crippen LogP contribution in [0.15, 0.2) is 18.2 Å². The van der Waals surface area contributed by atoms with Gasteiger partial charge in [0.15, 0.2) is 6.10 Å². The fraction of sp³-hybridized carbons (Fsp3) is 0.429. The van der Waals surface area contributed by atoms with E-state index in [4.69, 9.17) is 27.9 Å². The van der Waals surface area contributed by atoms with Gasteiger partial charge in [0.05, 0.1) is 12.1 Å². The maximum Gasteiger partial charge on any atom is 0.305 e. The lowest BCUT2D eigenvalue weighted by molar-refractivity contribution is -0.140. The molecule has 1 aromatic rings. The van der Waals surface area contributed by atoms with Gasteiger partial charge in [-0.3, -0.25) is 9.59 Å². The number of amides is 1. The first-order valence-electron chi connectivity index (χ1n) is 6.40. The number of carbonyl (C=O) groups is 2. The van der Waals surface area contributed by atoms with Gasteiger partial charge in [0.1, 0.15) is 5.75 Å². The average molecular weight is 334 g/mol. The minimum absolute atomic E-state index is 0.259. The first kappa shape index (κ1) is 17.6. The molecule has 1 aromatic carbocycles. The van der Waals surface area contributed by atoms with Crippen molar-refractivity contribution < 1.29 is 19.1 Å². The molecule has 116 valence electrons. The number of carbonyl (C=O) groups excluding carboxylic acids is 2. The highest BCUT2D eigenvalue weighted by atomic mass is 35.5. The van der Waals surface area contributed by atoms with E-state index in [1.54, 1.807) is 25.1 Å². The molecular weight excluding hydrogens is 317 g/mol. The molecule has 0 radical (unpaired) electrons. The summed E-state index contributed by atoms with van der Waals surface area (Å²) < 4.78 is 9.97. The third-order valence-corrected chi connectivity index (χ3v) is 3.18. The standard InChI is InChI=1S/C14H17Cl2NO4/c1-9(14(19)17-7-3-4-13(18)20-2)21-12-6-5-10(15)8-11(12)16/h5-6,8-9H,3-4,7H2,1-2H3,(H,17,19)/t9-/m1/s1. The van der Waals surface area contributed by atoms with Gasteiger partial charge in [-0.05, 0) is 31.5 Å². The summed E-state index contributed by atoms with van der Waals surface area (Å²) in [5.74, 6) is -0.203. The van der Waals surface area contributed by atoms with Crippen molar-refractivity contribution >= 4 is 35.1 Å². The number of hydrogen-bond donors (Lipinski definition) is 1. The molecular formula is C14H17Cl2NO4. The van der Waals surface area contributed by atoms with Crippen LogP contribution in [0.3, 0.4) is 0 Å². The van der Waals surface area contributed by atoms with Gasteiger partial charge < -0.3 is 14.8 Å². The van der Waals surface area contributed by atoms with E-state index in [0.29, 0.717) is 28.8 Å². The monoisotopic (exact) mass is 333 g/mol. The van der Waals surface area contributed by atoms with Crippen LogP contribution in [-0.2, 0) is 14.3 Å². The number of nitrogens with one attached hydrogen (secondary N) is 1. The molecule has 0 unspecified atom stereocenters. The summed E-state index contributed by atoms with van der Waals surface area (Å²) in [6.45, 7) is 1.98. The van der Waals surface area contributed by atoms with Crippen molar-refractivity contribution in [1.29, 1.82) is 0 Å². The predicted octanol–water partition coefficient (Wildman–Crippen LogP) is 2.83. The van der Waals surface area contributed by atoms with Crippen LogP contribution in [0.4, 0.5) is 0 Å². The van der Waals surface area contributed by atoms with Crippen LogP contribution in [0.1, 0.15) is 19.8 Å². The third-order valence-electron chi connectivity index (χ3n) is 2.65. The van der Waals surface area contributed by atoms with E-state index in [0.717, 1.165) is 0 Å². The Morgan fingerprint density at radius 1 is 1.33 bits per heavy atom. The van der Waals surface area contributed by atoms with Crippen molar-refractivity contribution in [2.75, 3.05) is 13.7 Å². The third kappa shape index (κ3) is 6.23. The highest BCUT2D eigenvalue weighted by Gasteiger charge is 2.15. The van der Waals surface area contributed by atoms with Crippen LogP contribution >= 0.6 is 23.2 Å². The Morgan fingerprint density at radius 2 is 2.05 bits per heavy atom. The normalized spacial score (nSPS) is 11.6. The zero-order chi connectivity index (χ0) is 15.8. The molecule has 0 heterocycles. The number of esters is 1. The number of rotatable bonds is 7.